The van der Waals surface area contributed by atoms with Crippen molar-refractivity contribution < 1.29 is 9.53 Å². The Hall–Kier alpha value is -1.06. The molecule has 0 amide bonds. The van der Waals surface area contributed by atoms with Crippen molar-refractivity contribution in [3.05, 3.63) is 28.3 Å². The van der Waals surface area contributed by atoms with Gasteiger partial charge in [-0.2, -0.15) is 0 Å². The summed E-state index contributed by atoms with van der Waals surface area (Å²) in [4.78, 5) is 11.3. The lowest BCUT2D eigenvalue weighted by Crippen LogP contribution is -2.13. The number of rotatable bonds is 3. The molecule has 0 spiro atoms. The van der Waals surface area contributed by atoms with Crippen molar-refractivity contribution in [1.82, 2.24) is 0 Å². The Kier molecular flexibility index (Phi) is 3.49. The van der Waals surface area contributed by atoms with Crippen LogP contribution in [0.3, 0.4) is 0 Å². The Balaban J connectivity index is 3.22. The summed E-state index contributed by atoms with van der Waals surface area (Å²) >= 11 is 5.93. The lowest BCUT2D eigenvalue weighted by Gasteiger charge is -2.08. The fourth-order valence-electron chi connectivity index (χ4n) is 1.14. The van der Waals surface area contributed by atoms with Crippen LogP contribution in [0.5, 0.6) is 5.75 Å². The second kappa shape index (κ2) is 4.44. The fourth-order valence-corrected chi connectivity index (χ4v) is 1.36. The number of Topliss-reactive ketones (excluding diaryl/α,β-unsaturated/α-hetero) is 1. The summed E-state index contributed by atoms with van der Waals surface area (Å²) in [7, 11) is 1.54. The minimum absolute atomic E-state index is 0.0253. The van der Waals surface area contributed by atoms with Crippen molar-refractivity contribution >= 4 is 17.4 Å². The SMILES string of the molecule is COc1cc(C(=O)CN)cc(Cl)c1C. The lowest BCUT2D eigenvalue weighted by molar-refractivity contribution is 0.100. The maximum Gasteiger partial charge on any atom is 0.176 e. The highest BCUT2D eigenvalue weighted by atomic mass is 35.5. The Morgan fingerprint density at radius 3 is 2.71 bits per heavy atom. The van der Waals surface area contributed by atoms with E-state index in [-0.39, 0.29) is 12.3 Å². The van der Waals surface area contributed by atoms with Crippen LogP contribution in [0.1, 0.15) is 15.9 Å². The highest BCUT2D eigenvalue weighted by molar-refractivity contribution is 6.32. The fraction of sp³-hybridized carbons (Fsp3) is 0.300. The molecule has 0 aliphatic rings. The van der Waals surface area contributed by atoms with Gasteiger partial charge in [0, 0.05) is 16.1 Å². The van der Waals surface area contributed by atoms with Crippen LogP contribution in [-0.2, 0) is 0 Å². The number of carbonyl (C=O) groups is 1. The highest BCUT2D eigenvalue weighted by Crippen LogP contribution is 2.27. The molecule has 0 aliphatic heterocycles. The van der Waals surface area contributed by atoms with Gasteiger partial charge in [0.1, 0.15) is 5.75 Å². The van der Waals surface area contributed by atoms with Gasteiger partial charge in [0.05, 0.1) is 13.7 Å². The number of hydrogen-bond donors (Lipinski definition) is 1. The summed E-state index contributed by atoms with van der Waals surface area (Å²) in [5, 5.41) is 0.515. The maximum absolute atomic E-state index is 11.3. The molecular weight excluding hydrogens is 202 g/mol. The second-order valence-electron chi connectivity index (χ2n) is 2.91. The van der Waals surface area contributed by atoms with E-state index in [0.717, 1.165) is 5.56 Å². The minimum Gasteiger partial charge on any atom is -0.496 e. The molecule has 0 unspecified atom stereocenters. The van der Waals surface area contributed by atoms with Crippen molar-refractivity contribution in [2.24, 2.45) is 5.73 Å². The van der Waals surface area contributed by atoms with Gasteiger partial charge in [0.15, 0.2) is 5.78 Å². The second-order valence-corrected chi connectivity index (χ2v) is 3.32. The topological polar surface area (TPSA) is 52.3 Å². The van der Waals surface area contributed by atoms with Crippen molar-refractivity contribution in [3.8, 4) is 5.75 Å². The van der Waals surface area contributed by atoms with Crippen LogP contribution in [0, 0.1) is 6.92 Å². The first-order chi connectivity index (χ1) is 6.60. The lowest BCUT2D eigenvalue weighted by atomic mass is 10.1. The van der Waals surface area contributed by atoms with Crippen LogP contribution >= 0.6 is 11.6 Å². The number of ketones is 1. The predicted octanol–water partition coefficient (Wildman–Crippen LogP) is 1.80. The van der Waals surface area contributed by atoms with E-state index in [1.54, 1.807) is 12.1 Å². The summed E-state index contributed by atoms with van der Waals surface area (Å²) in [6.07, 6.45) is 0. The van der Waals surface area contributed by atoms with Gasteiger partial charge in [-0.25, -0.2) is 0 Å². The van der Waals surface area contributed by atoms with E-state index >= 15 is 0 Å². The summed E-state index contributed by atoms with van der Waals surface area (Å²) in [6, 6.07) is 3.25. The molecule has 0 aromatic heterocycles. The normalized spacial score (nSPS) is 10.0. The molecule has 3 nitrogen and oxygen atoms in total. The van der Waals surface area contributed by atoms with Gasteiger partial charge in [-0.3, -0.25) is 4.79 Å². The van der Waals surface area contributed by atoms with E-state index in [4.69, 9.17) is 22.1 Å². The molecule has 0 atom stereocenters. The number of benzene rings is 1. The first kappa shape index (κ1) is 11.0. The van der Waals surface area contributed by atoms with Crippen molar-refractivity contribution in [2.75, 3.05) is 13.7 Å². The predicted molar refractivity (Wildman–Crippen MR) is 56.1 cm³/mol. The van der Waals surface area contributed by atoms with Gasteiger partial charge in [-0.05, 0) is 19.1 Å². The number of carbonyl (C=O) groups excluding carboxylic acids is 1. The molecule has 1 aromatic carbocycles. The standard InChI is InChI=1S/C10H12ClNO2/c1-6-8(11)3-7(9(13)5-12)4-10(6)14-2/h3-4H,5,12H2,1-2H3. The Labute approximate surface area is 87.8 Å². The largest absolute Gasteiger partial charge is 0.496 e. The van der Waals surface area contributed by atoms with Crippen LogP contribution in [-0.4, -0.2) is 19.4 Å². The molecule has 0 saturated carbocycles. The molecule has 0 heterocycles. The van der Waals surface area contributed by atoms with Gasteiger partial charge < -0.3 is 10.5 Å². The molecule has 0 bridgehead atoms. The zero-order chi connectivity index (χ0) is 10.7. The van der Waals surface area contributed by atoms with Gasteiger partial charge in [-0.1, -0.05) is 11.6 Å². The number of methoxy groups -OCH3 is 1. The average molecular weight is 214 g/mol. The molecule has 1 rings (SSSR count). The quantitative estimate of drug-likeness (QED) is 0.779. The summed E-state index contributed by atoms with van der Waals surface area (Å²) in [6.45, 7) is 1.81. The molecule has 2 N–H and O–H groups in total. The van der Waals surface area contributed by atoms with E-state index in [0.29, 0.717) is 16.3 Å². The first-order valence-corrected chi connectivity index (χ1v) is 4.55. The third kappa shape index (κ3) is 2.05. The van der Waals surface area contributed by atoms with Crippen LogP contribution in [0.15, 0.2) is 12.1 Å². The number of halogens is 1. The van der Waals surface area contributed by atoms with Gasteiger partial charge in [0.25, 0.3) is 0 Å². The number of hydrogen-bond acceptors (Lipinski definition) is 3. The molecule has 0 radical (unpaired) electrons. The van der Waals surface area contributed by atoms with E-state index in [2.05, 4.69) is 0 Å². The zero-order valence-electron chi connectivity index (χ0n) is 8.13. The van der Waals surface area contributed by atoms with Crippen molar-refractivity contribution in [1.29, 1.82) is 0 Å². The van der Waals surface area contributed by atoms with Crippen LogP contribution < -0.4 is 10.5 Å². The Morgan fingerprint density at radius 2 is 2.21 bits per heavy atom. The van der Waals surface area contributed by atoms with Crippen molar-refractivity contribution in [2.45, 2.75) is 6.92 Å². The zero-order valence-corrected chi connectivity index (χ0v) is 8.89. The third-order valence-electron chi connectivity index (χ3n) is 2.02. The highest BCUT2D eigenvalue weighted by Gasteiger charge is 2.10. The average Bonchev–Trinajstić information content (AvgIpc) is 2.20. The van der Waals surface area contributed by atoms with Crippen LogP contribution in [0.4, 0.5) is 0 Å². The molecule has 14 heavy (non-hydrogen) atoms. The minimum atomic E-state index is -0.148. The van der Waals surface area contributed by atoms with Gasteiger partial charge in [0.2, 0.25) is 0 Å². The molecule has 0 saturated heterocycles. The summed E-state index contributed by atoms with van der Waals surface area (Å²) in [5.41, 5.74) is 6.56. The van der Waals surface area contributed by atoms with E-state index in [1.807, 2.05) is 6.92 Å². The molecule has 76 valence electrons. The van der Waals surface area contributed by atoms with E-state index in [1.165, 1.54) is 7.11 Å². The molecule has 0 aliphatic carbocycles. The first-order valence-electron chi connectivity index (χ1n) is 4.17. The molecule has 4 heteroatoms. The van der Waals surface area contributed by atoms with Crippen LogP contribution in [0.2, 0.25) is 5.02 Å². The number of nitrogens with two attached hydrogens (primary N) is 1. The molecule has 0 fully saturated rings. The Morgan fingerprint density at radius 1 is 1.57 bits per heavy atom. The van der Waals surface area contributed by atoms with E-state index in [9.17, 15) is 4.79 Å². The smallest absolute Gasteiger partial charge is 0.176 e. The van der Waals surface area contributed by atoms with E-state index < -0.39 is 0 Å². The molecular formula is C10H12ClNO2. The summed E-state index contributed by atoms with van der Waals surface area (Å²) < 4.78 is 5.08. The van der Waals surface area contributed by atoms with Gasteiger partial charge >= 0.3 is 0 Å². The van der Waals surface area contributed by atoms with Crippen molar-refractivity contribution in [3.63, 3.8) is 0 Å². The van der Waals surface area contributed by atoms with Crippen LogP contribution in [0.25, 0.3) is 0 Å². The van der Waals surface area contributed by atoms with Gasteiger partial charge in [-0.15, -0.1) is 0 Å². The third-order valence-corrected chi connectivity index (χ3v) is 2.42. The monoisotopic (exact) mass is 213 g/mol. The summed E-state index contributed by atoms with van der Waals surface area (Å²) in [5.74, 6) is 0.458. The Bertz CT molecular complexity index is 363. The molecule has 1 aromatic rings. The number of ether oxygens (including phenoxy) is 1. The maximum atomic E-state index is 11.3.